The Balaban J connectivity index is 0.00000182. The third-order valence-corrected chi connectivity index (χ3v) is 4.87. The molecule has 0 fully saturated rings. The first-order valence-corrected chi connectivity index (χ1v) is 8.43. The average molecular weight is 324 g/mol. The molecule has 0 aromatic heterocycles. The van der Waals surface area contributed by atoms with Crippen LogP contribution in [-0.2, 0) is 5.41 Å². The zero-order valence-corrected chi connectivity index (χ0v) is 15.6. The molecule has 2 heteroatoms. The average Bonchev–Trinajstić information content (AvgIpc) is 2.70. The molecular formula is C24H22Li2. The van der Waals surface area contributed by atoms with Crippen LogP contribution in [0.5, 0.6) is 0 Å². The number of hydrogen-bond acceptors (Lipinski definition) is 0. The first kappa shape index (κ1) is 20.6. The molecule has 0 unspecified atom stereocenters. The summed E-state index contributed by atoms with van der Waals surface area (Å²) < 4.78 is 0. The fraction of sp³-hybridized carbons (Fsp3) is 0.0833. The van der Waals surface area contributed by atoms with Crippen LogP contribution in [0.3, 0.4) is 0 Å². The number of hydrogen-bond donors (Lipinski definition) is 0. The van der Waals surface area contributed by atoms with Gasteiger partial charge in [-0.3, -0.25) is 0 Å². The van der Waals surface area contributed by atoms with Gasteiger partial charge in [-0.15, -0.1) is 0 Å². The topological polar surface area (TPSA) is 0 Å². The van der Waals surface area contributed by atoms with E-state index in [-0.39, 0.29) is 46.0 Å². The third-order valence-electron chi connectivity index (χ3n) is 4.87. The quantitative estimate of drug-likeness (QED) is 0.606. The third kappa shape index (κ3) is 4.01. The van der Waals surface area contributed by atoms with Crippen LogP contribution >= 0.6 is 0 Å². The molecule has 1 aliphatic rings. The predicted octanol–water partition coefficient (Wildman–Crippen LogP) is 0.249. The van der Waals surface area contributed by atoms with Gasteiger partial charge in [-0.05, 0) is 28.7 Å². The molecule has 4 rings (SSSR count). The molecule has 120 valence electrons. The van der Waals surface area contributed by atoms with Gasteiger partial charge in [0.05, 0.1) is 0 Å². The van der Waals surface area contributed by atoms with Crippen molar-refractivity contribution in [1.29, 1.82) is 0 Å². The van der Waals surface area contributed by atoms with Crippen LogP contribution in [0.25, 0.3) is 5.57 Å². The van der Waals surface area contributed by atoms with Crippen molar-refractivity contribution in [3.8, 4) is 0 Å². The van der Waals surface area contributed by atoms with Crippen molar-refractivity contribution in [2.45, 2.75) is 11.8 Å². The van der Waals surface area contributed by atoms with Gasteiger partial charge in [-0.25, -0.2) is 0 Å². The first-order chi connectivity index (χ1) is 11.9. The predicted molar refractivity (Wildman–Crippen MR) is 104 cm³/mol. The molecule has 0 aliphatic heterocycles. The van der Waals surface area contributed by atoms with Gasteiger partial charge < -0.3 is 2.85 Å². The van der Waals surface area contributed by atoms with Gasteiger partial charge in [0, 0.05) is 5.41 Å². The SMILES string of the molecule is C1=CC(c2ccccc2)(c2ccccc2)CC(c2ccccc2)=C1.[H-].[H-].[Li+].[Li+]. The maximum absolute atomic E-state index is 2.35. The van der Waals surface area contributed by atoms with Crippen molar-refractivity contribution in [1.82, 2.24) is 0 Å². The minimum Gasteiger partial charge on any atom is -1.00 e. The summed E-state index contributed by atoms with van der Waals surface area (Å²) in [4.78, 5) is 0. The van der Waals surface area contributed by atoms with E-state index in [2.05, 4.69) is 109 Å². The molecule has 0 amide bonds. The second-order valence-electron chi connectivity index (χ2n) is 6.30. The summed E-state index contributed by atoms with van der Waals surface area (Å²) in [7, 11) is 0. The van der Waals surface area contributed by atoms with Gasteiger partial charge >= 0.3 is 37.7 Å². The number of benzene rings is 3. The van der Waals surface area contributed by atoms with Gasteiger partial charge in [-0.1, -0.05) is 109 Å². The molecular weight excluding hydrogens is 302 g/mol. The van der Waals surface area contributed by atoms with E-state index in [0.29, 0.717) is 0 Å². The molecule has 3 aromatic rings. The maximum atomic E-state index is 2.35. The fourth-order valence-corrected chi connectivity index (χ4v) is 3.63. The van der Waals surface area contributed by atoms with Crippen LogP contribution in [0, 0.1) is 0 Å². The maximum Gasteiger partial charge on any atom is 1.00 e. The van der Waals surface area contributed by atoms with Crippen LogP contribution < -0.4 is 37.7 Å². The van der Waals surface area contributed by atoms with Crippen molar-refractivity contribution >= 4 is 5.57 Å². The summed E-state index contributed by atoms with van der Waals surface area (Å²) in [5.41, 5.74) is 5.26. The van der Waals surface area contributed by atoms with Crippen molar-refractivity contribution < 1.29 is 40.6 Å². The molecule has 0 atom stereocenters. The van der Waals surface area contributed by atoms with Crippen molar-refractivity contribution in [3.63, 3.8) is 0 Å². The molecule has 0 nitrogen and oxygen atoms in total. The second-order valence-corrected chi connectivity index (χ2v) is 6.30. The Kier molecular flexibility index (Phi) is 7.40. The first-order valence-electron chi connectivity index (χ1n) is 8.43. The Labute approximate surface area is 183 Å². The molecule has 1 aliphatic carbocycles. The van der Waals surface area contributed by atoms with Crippen LogP contribution in [0.1, 0.15) is 26.0 Å². The normalized spacial score (nSPS) is 14.5. The van der Waals surface area contributed by atoms with Gasteiger partial charge in [0.15, 0.2) is 0 Å². The van der Waals surface area contributed by atoms with Gasteiger partial charge in [0.1, 0.15) is 0 Å². The van der Waals surface area contributed by atoms with E-state index in [9.17, 15) is 0 Å². The molecule has 0 spiro atoms. The van der Waals surface area contributed by atoms with Crippen molar-refractivity contribution in [3.05, 3.63) is 126 Å². The van der Waals surface area contributed by atoms with Gasteiger partial charge in [0.2, 0.25) is 0 Å². The Morgan fingerprint density at radius 1 is 0.615 bits per heavy atom. The molecule has 0 N–H and O–H groups in total. The van der Waals surface area contributed by atoms with E-state index in [4.69, 9.17) is 0 Å². The molecule has 0 saturated carbocycles. The molecule has 0 saturated heterocycles. The zero-order valence-electron chi connectivity index (χ0n) is 17.6. The van der Waals surface area contributed by atoms with Gasteiger partial charge in [-0.2, -0.15) is 0 Å². The largest absolute Gasteiger partial charge is 1.00 e. The van der Waals surface area contributed by atoms with E-state index < -0.39 is 0 Å². The summed E-state index contributed by atoms with van der Waals surface area (Å²) in [6.07, 6.45) is 7.79. The number of allylic oxidation sites excluding steroid dienone is 4. The summed E-state index contributed by atoms with van der Waals surface area (Å²) in [5.74, 6) is 0. The molecule has 0 bridgehead atoms. The van der Waals surface area contributed by atoms with Crippen molar-refractivity contribution in [2.75, 3.05) is 0 Å². The van der Waals surface area contributed by atoms with Crippen LogP contribution in [0.2, 0.25) is 0 Å². The standard InChI is InChI=1S/C24H20.2Li.2H/c1-4-11-20(12-5-1)21-13-10-18-24(19-21,22-14-6-2-7-15-22)23-16-8-3-9-17-23;;;;/h1-18H,19H2;;;;/q;2*+1;2*-1. The summed E-state index contributed by atoms with van der Waals surface area (Å²) in [6.45, 7) is 0. The van der Waals surface area contributed by atoms with E-state index >= 15 is 0 Å². The van der Waals surface area contributed by atoms with Crippen LogP contribution in [0.4, 0.5) is 0 Å². The Morgan fingerprint density at radius 3 is 1.58 bits per heavy atom. The Hall–Kier alpha value is -1.67. The summed E-state index contributed by atoms with van der Waals surface area (Å²) in [6, 6.07) is 32.4. The zero-order chi connectivity index (χ0) is 16.2. The summed E-state index contributed by atoms with van der Waals surface area (Å²) in [5, 5.41) is 0. The molecule has 3 aromatic carbocycles. The summed E-state index contributed by atoms with van der Waals surface area (Å²) >= 11 is 0. The Bertz CT molecular complexity index is 837. The number of rotatable bonds is 3. The smallest absolute Gasteiger partial charge is 1.00 e. The van der Waals surface area contributed by atoms with E-state index in [1.54, 1.807) is 0 Å². The minimum absolute atomic E-state index is 0. The fourth-order valence-electron chi connectivity index (χ4n) is 3.63. The van der Waals surface area contributed by atoms with Crippen LogP contribution in [0.15, 0.2) is 109 Å². The second kappa shape index (κ2) is 9.32. The van der Waals surface area contributed by atoms with E-state index in [1.165, 1.54) is 22.3 Å². The van der Waals surface area contributed by atoms with Gasteiger partial charge in [0.25, 0.3) is 0 Å². The van der Waals surface area contributed by atoms with Crippen molar-refractivity contribution in [2.24, 2.45) is 0 Å². The monoisotopic (exact) mass is 324 g/mol. The minimum atomic E-state index is -0.109. The molecule has 0 heterocycles. The van der Waals surface area contributed by atoms with Crippen LogP contribution in [-0.4, -0.2) is 0 Å². The van der Waals surface area contributed by atoms with E-state index in [0.717, 1.165) is 6.42 Å². The van der Waals surface area contributed by atoms with E-state index in [1.807, 2.05) is 0 Å². The Morgan fingerprint density at radius 2 is 1.08 bits per heavy atom. The molecule has 0 radical (unpaired) electrons. The molecule has 26 heavy (non-hydrogen) atoms.